The molecule has 1 aromatic rings. The van der Waals surface area contributed by atoms with Gasteiger partial charge < -0.3 is 14.8 Å². The van der Waals surface area contributed by atoms with Gasteiger partial charge in [0.15, 0.2) is 0 Å². The van der Waals surface area contributed by atoms with Crippen molar-refractivity contribution in [2.75, 3.05) is 6.61 Å². The molecule has 4 heteroatoms. The molecule has 2 N–H and O–H groups in total. The molecule has 1 heterocycles. The molecule has 4 nitrogen and oxygen atoms in total. The molecular weight excluding hydrogens is 230 g/mol. The van der Waals surface area contributed by atoms with E-state index in [9.17, 15) is 9.90 Å². The summed E-state index contributed by atoms with van der Waals surface area (Å²) in [5.41, 5.74) is 0.484. The monoisotopic (exact) mass is 247 g/mol. The number of aliphatic hydroxyl groups is 1. The predicted octanol–water partition coefficient (Wildman–Crippen LogP) is 0.00900. The third-order valence-corrected chi connectivity index (χ3v) is 4.11. The molecule has 4 atom stereocenters. The molecule has 3 aliphatic carbocycles. The molecule has 96 valence electrons. The van der Waals surface area contributed by atoms with E-state index < -0.39 is 0 Å². The van der Waals surface area contributed by atoms with E-state index in [0.29, 0.717) is 18.2 Å². The maximum absolute atomic E-state index is 11.6. The number of esters is 1. The number of hydrogen-bond acceptors (Lipinski definition) is 3. The van der Waals surface area contributed by atoms with Crippen LogP contribution in [0.5, 0.6) is 0 Å². The van der Waals surface area contributed by atoms with Crippen LogP contribution in [0, 0.1) is 17.8 Å². The van der Waals surface area contributed by atoms with Gasteiger partial charge in [0, 0.05) is 17.2 Å². The molecular formula is C14H17NO3. The number of rotatable bonds is 2. The van der Waals surface area contributed by atoms with Crippen LogP contribution in [0.4, 0.5) is 0 Å². The summed E-state index contributed by atoms with van der Waals surface area (Å²) in [5, 5.41) is 11.9. The van der Waals surface area contributed by atoms with E-state index in [0.717, 1.165) is 10.6 Å². The van der Waals surface area contributed by atoms with E-state index in [4.69, 9.17) is 4.74 Å². The highest BCUT2D eigenvalue weighted by atomic mass is 16.5. The van der Waals surface area contributed by atoms with Crippen LogP contribution in [-0.4, -0.2) is 28.8 Å². The second-order valence-electron chi connectivity index (χ2n) is 5.11. The number of aliphatic hydroxyl groups excluding tert-OH is 1. The Morgan fingerprint density at radius 3 is 2.83 bits per heavy atom. The van der Waals surface area contributed by atoms with Crippen molar-refractivity contribution in [3.05, 3.63) is 22.3 Å². The van der Waals surface area contributed by atoms with Crippen molar-refractivity contribution < 1.29 is 14.6 Å². The van der Waals surface area contributed by atoms with Gasteiger partial charge >= 0.3 is 5.97 Å². The summed E-state index contributed by atoms with van der Waals surface area (Å²) >= 11 is 0. The van der Waals surface area contributed by atoms with Crippen molar-refractivity contribution >= 4 is 18.1 Å². The number of carbonyl (C=O) groups is 1. The lowest BCUT2D eigenvalue weighted by Crippen LogP contribution is -2.47. The standard InChI is InChI=1S/C14H17NO3/c1-3-18-14(17)12-5-8-4-9-7(2)10(13(9)16)6-11(8)15-12/h4-7,9-10,13,15-16H,3H2,1-2H3. The predicted molar refractivity (Wildman–Crippen MR) is 67.1 cm³/mol. The molecule has 1 aromatic heterocycles. The number of aromatic amines is 1. The van der Waals surface area contributed by atoms with Crippen molar-refractivity contribution in [3.8, 4) is 0 Å². The lowest BCUT2D eigenvalue weighted by Gasteiger charge is -2.44. The molecule has 0 aliphatic heterocycles. The minimum Gasteiger partial charge on any atom is -0.461 e. The van der Waals surface area contributed by atoms with E-state index in [1.807, 2.05) is 12.1 Å². The minimum absolute atomic E-state index is 0.182. The lowest BCUT2D eigenvalue weighted by atomic mass is 9.64. The normalized spacial score (nSPS) is 32.4. The topological polar surface area (TPSA) is 62.3 Å². The highest BCUT2D eigenvalue weighted by Gasteiger charge is 2.45. The van der Waals surface area contributed by atoms with Crippen molar-refractivity contribution in [1.29, 1.82) is 0 Å². The smallest absolute Gasteiger partial charge is 0.354 e. The zero-order valence-electron chi connectivity index (χ0n) is 10.5. The molecule has 1 fully saturated rings. The zero-order chi connectivity index (χ0) is 12.9. The fraction of sp³-hybridized carbons (Fsp3) is 0.500. The Bertz CT molecular complexity index is 550. The Morgan fingerprint density at radius 2 is 2.17 bits per heavy atom. The number of ether oxygens (including phenoxy) is 1. The molecule has 2 bridgehead atoms. The highest BCUT2D eigenvalue weighted by Crippen LogP contribution is 2.43. The second-order valence-corrected chi connectivity index (χ2v) is 5.11. The van der Waals surface area contributed by atoms with Crippen LogP contribution in [0.15, 0.2) is 6.07 Å². The molecule has 4 unspecified atom stereocenters. The summed E-state index contributed by atoms with van der Waals surface area (Å²) in [7, 11) is 0. The van der Waals surface area contributed by atoms with E-state index in [1.165, 1.54) is 0 Å². The maximum Gasteiger partial charge on any atom is 0.354 e. The fourth-order valence-electron chi connectivity index (χ4n) is 2.97. The summed E-state index contributed by atoms with van der Waals surface area (Å²) in [4.78, 5) is 14.7. The minimum atomic E-state index is -0.324. The van der Waals surface area contributed by atoms with Crippen molar-refractivity contribution in [1.82, 2.24) is 4.98 Å². The van der Waals surface area contributed by atoms with Gasteiger partial charge in [-0.1, -0.05) is 19.1 Å². The Labute approximate surface area is 105 Å². The molecule has 0 radical (unpaired) electrons. The van der Waals surface area contributed by atoms with Crippen molar-refractivity contribution in [2.24, 2.45) is 17.8 Å². The van der Waals surface area contributed by atoms with Crippen LogP contribution in [0.1, 0.15) is 24.3 Å². The first kappa shape index (κ1) is 11.5. The van der Waals surface area contributed by atoms with Gasteiger partial charge in [-0.3, -0.25) is 0 Å². The summed E-state index contributed by atoms with van der Waals surface area (Å²) in [6.07, 6.45) is 3.81. The number of nitrogens with one attached hydrogen (secondary N) is 1. The van der Waals surface area contributed by atoms with Gasteiger partial charge in [-0.05, 0) is 24.1 Å². The molecule has 0 aromatic carbocycles. The van der Waals surface area contributed by atoms with Crippen LogP contribution >= 0.6 is 0 Å². The second kappa shape index (κ2) is 3.99. The Balaban J connectivity index is 2.03. The first-order valence-corrected chi connectivity index (χ1v) is 6.39. The zero-order valence-corrected chi connectivity index (χ0v) is 10.5. The first-order chi connectivity index (χ1) is 8.61. The van der Waals surface area contributed by atoms with Gasteiger partial charge in [0.1, 0.15) is 5.69 Å². The van der Waals surface area contributed by atoms with E-state index >= 15 is 0 Å². The number of hydrogen-bond donors (Lipinski definition) is 2. The molecule has 1 saturated carbocycles. The average molecular weight is 247 g/mol. The number of carbonyl (C=O) groups excluding carboxylic acids is 1. The van der Waals surface area contributed by atoms with Gasteiger partial charge in [-0.15, -0.1) is 0 Å². The van der Waals surface area contributed by atoms with E-state index in [1.54, 1.807) is 6.92 Å². The van der Waals surface area contributed by atoms with Crippen LogP contribution in [0.3, 0.4) is 0 Å². The quantitative estimate of drug-likeness (QED) is 0.724. The Hall–Kier alpha value is -1.55. The van der Waals surface area contributed by atoms with Crippen molar-refractivity contribution in [2.45, 2.75) is 20.0 Å². The van der Waals surface area contributed by atoms with Crippen molar-refractivity contribution in [3.63, 3.8) is 0 Å². The highest BCUT2D eigenvalue weighted by molar-refractivity contribution is 5.87. The van der Waals surface area contributed by atoms with Crippen LogP contribution in [0.25, 0.3) is 12.2 Å². The van der Waals surface area contributed by atoms with Gasteiger partial charge in [-0.2, -0.15) is 0 Å². The van der Waals surface area contributed by atoms with E-state index in [-0.39, 0.29) is 23.9 Å². The third-order valence-electron chi connectivity index (χ3n) is 4.11. The summed E-state index contributed by atoms with van der Waals surface area (Å²) in [5.74, 6) is 0.515. The van der Waals surface area contributed by atoms with Crippen LogP contribution in [0.2, 0.25) is 0 Å². The molecule has 18 heavy (non-hydrogen) atoms. The summed E-state index contributed by atoms with van der Waals surface area (Å²) < 4.78 is 4.97. The Morgan fingerprint density at radius 1 is 1.44 bits per heavy atom. The fourth-order valence-corrected chi connectivity index (χ4v) is 2.97. The molecule has 0 saturated heterocycles. The number of aromatic nitrogens is 1. The lowest BCUT2D eigenvalue weighted by molar-refractivity contribution is -0.0288. The molecule has 4 rings (SSSR count). The molecule has 3 aliphatic rings. The van der Waals surface area contributed by atoms with Gasteiger partial charge in [0.2, 0.25) is 0 Å². The summed E-state index contributed by atoms with van der Waals surface area (Å²) in [6.45, 7) is 4.31. The van der Waals surface area contributed by atoms with Gasteiger partial charge in [-0.25, -0.2) is 4.79 Å². The number of H-pyrrole nitrogens is 1. The van der Waals surface area contributed by atoms with Gasteiger partial charge in [0.05, 0.1) is 12.7 Å². The molecule has 0 spiro atoms. The van der Waals surface area contributed by atoms with Crippen LogP contribution in [-0.2, 0) is 4.74 Å². The summed E-state index contributed by atoms with van der Waals surface area (Å²) in [6, 6.07) is 1.81. The average Bonchev–Trinajstić information content (AvgIpc) is 2.65. The molecule has 0 amide bonds. The SMILES string of the molecule is CCOC(=O)c1cc2c([nH]1)=CC1C(C)C(C=2)C1O. The maximum atomic E-state index is 11.6. The first-order valence-electron chi connectivity index (χ1n) is 6.39. The Kier molecular flexibility index (Phi) is 2.55. The van der Waals surface area contributed by atoms with Crippen LogP contribution < -0.4 is 10.6 Å². The van der Waals surface area contributed by atoms with E-state index in [2.05, 4.69) is 18.0 Å². The third kappa shape index (κ3) is 1.52. The van der Waals surface area contributed by atoms with Gasteiger partial charge in [0.25, 0.3) is 0 Å². The largest absolute Gasteiger partial charge is 0.461 e.